The number of benzene rings is 3. The third kappa shape index (κ3) is 4.51. The maximum Gasteiger partial charge on any atom is 0.254 e. The van der Waals surface area contributed by atoms with E-state index in [1.807, 2.05) is 76.2 Å². The number of anilines is 1. The van der Waals surface area contributed by atoms with Crippen LogP contribution in [-0.4, -0.2) is 39.9 Å². The third-order valence-electron chi connectivity index (χ3n) is 5.75. The summed E-state index contributed by atoms with van der Waals surface area (Å²) < 4.78 is 2.06. The maximum atomic E-state index is 13.0. The van der Waals surface area contributed by atoms with Crippen LogP contribution >= 0.6 is 0 Å². The number of carbonyl (C=O) groups is 2. The Hall–Kier alpha value is -3.93. The van der Waals surface area contributed by atoms with Crippen LogP contribution in [0.15, 0.2) is 60.7 Å². The molecule has 0 aliphatic heterocycles. The van der Waals surface area contributed by atoms with Crippen molar-refractivity contribution in [3.63, 3.8) is 0 Å². The summed E-state index contributed by atoms with van der Waals surface area (Å²) in [5, 5.41) is 2.95. The number of fused-ring (bicyclic) bond motifs is 1. The summed E-state index contributed by atoms with van der Waals surface area (Å²) in [5.41, 5.74) is 7.15. The summed E-state index contributed by atoms with van der Waals surface area (Å²) in [6, 6.07) is 19.5. The standard InChI is InChI=1S/C27H28N4O2/c1-17-13-18(2)26(19(3)14-17)29-25(32)16-30(5)27(33)21-11-12-24-23(15-21)28-20(4)31(24)22-9-7-6-8-10-22/h6-15H,16H2,1-5H3,(H,29,32). The van der Waals surface area contributed by atoms with Gasteiger partial charge >= 0.3 is 0 Å². The second-order valence-electron chi connectivity index (χ2n) is 8.52. The van der Waals surface area contributed by atoms with Gasteiger partial charge in [-0.3, -0.25) is 14.2 Å². The lowest BCUT2D eigenvalue weighted by atomic mass is 10.1. The molecule has 0 saturated carbocycles. The molecule has 2 amide bonds. The van der Waals surface area contributed by atoms with Crippen LogP contribution in [0.2, 0.25) is 0 Å². The fourth-order valence-corrected chi connectivity index (χ4v) is 4.30. The average Bonchev–Trinajstić information content (AvgIpc) is 3.11. The summed E-state index contributed by atoms with van der Waals surface area (Å²) in [4.78, 5) is 31.7. The minimum atomic E-state index is -0.230. The molecular formula is C27H28N4O2. The van der Waals surface area contributed by atoms with Crippen LogP contribution in [0.1, 0.15) is 32.9 Å². The molecule has 4 aromatic rings. The second kappa shape index (κ2) is 8.90. The van der Waals surface area contributed by atoms with Crippen LogP contribution in [-0.2, 0) is 4.79 Å². The molecule has 6 nitrogen and oxygen atoms in total. The van der Waals surface area contributed by atoms with Gasteiger partial charge in [0.05, 0.1) is 17.6 Å². The van der Waals surface area contributed by atoms with E-state index in [9.17, 15) is 9.59 Å². The summed E-state index contributed by atoms with van der Waals surface area (Å²) in [6.45, 7) is 7.87. The smallest absolute Gasteiger partial charge is 0.254 e. The van der Waals surface area contributed by atoms with Gasteiger partial charge in [-0.15, -0.1) is 0 Å². The first-order valence-electron chi connectivity index (χ1n) is 10.9. The van der Waals surface area contributed by atoms with E-state index in [2.05, 4.69) is 14.9 Å². The molecule has 1 N–H and O–H groups in total. The van der Waals surface area contributed by atoms with Crippen LogP contribution in [0.4, 0.5) is 5.69 Å². The van der Waals surface area contributed by atoms with Crippen molar-refractivity contribution in [3.05, 3.63) is 88.7 Å². The number of aromatic nitrogens is 2. The van der Waals surface area contributed by atoms with Gasteiger partial charge < -0.3 is 10.2 Å². The SMILES string of the molecule is Cc1cc(C)c(NC(=O)CN(C)C(=O)c2ccc3c(c2)nc(C)n3-c2ccccc2)c(C)c1. The van der Waals surface area contributed by atoms with E-state index in [1.54, 1.807) is 19.2 Å². The molecule has 4 rings (SSSR count). The summed E-state index contributed by atoms with van der Waals surface area (Å²) in [6.07, 6.45) is 0. The van der Waals surface area contributed by atoms with Crippen molar-refractivity contribution in [3.8, 4) is 5.69 Å². The second-order valence-corrected chi connectivity index (χ2v) is 8.52. The molecule has 0 atom stereocenters. The van der Waals surface area contributed by atoms with E-state index in [0.717, 1.165) is 44.9 Å². The van der Waals surface area contributed by atoms with Gasteiger partial charge in [0.25, 0.3) is 5.91 Å². The number of amides is 2. The topological polar surface area (TPSA) is 67.2 Å². The van der Waals surface area contributed by atoms with Gasteiger partial charge in [-0.25, -0.2) is 4.98 Å². The highest BCUT2D eigenvalue weighted by Crippen LogP contribution is 2.24. The van der Waals surface area contributed by atoms with E-state index in [4.69, 9.17) is 0 Å². The monoisotopic (exact) mass is 440 g/mol. The number of imidazole rings is 1. The number of para-hydroxylation sites is 1. The first-order valence-corrected chi connectivity index (χ1v) is 10.9. The lowest BCUT2D eigenvalue weighted by Gasteiger charge is -2.18. The molecule has 1 aromatic heterocycles. The molecule has 168 valence electrons. The normalized spacial score (nSPS) is 10.9. The van der Waals surface area contributed by atoms with Crippen molar-refractivity contribution in [2.24, 2.45) is 0 Å². The van der Waals surface area contributed by atoms with Crippen molar-refractivity contribution in [2.75, 3.05) is 18.9 Å². The molecule has 0 aliphatic rings. The van der Waals surface area contributed by atoms with Crippen LogP contribution in [0, 0.1) is 27.7 Å². The van der Waals surface area contributed by atoms with E-state index in [0.29, 0.717) is 5.56 Å². The quantitative estimate of drug-likeness (QED) is 0.476. The van der Waals surface area contributed by atoms with Gasteiger partial charge in [-0.1, -0.05) is 35.9 Å². The molecule has 0 aliphatic carbocycles. The molecule has 3 aromatic carbocycles. The van der Waals surface area contributed by atoms with E-state index >= 15 is 0 Å². The van der Waals surface area contributed by atoms with Crippen molar-refractivity contribution in [1.82, 2.24) is 14.5 Å². The minimum absolute atomic E-state index is 0.0406. The van der Waals surface area contributed by atoms with Crippen LogP contribution in [0.5, 0.6) is 0 Å². The predicted molar refractivity (Wildman–Crippen MR) is 132 cm³/mol. The van der Waals surface area contributed by atoms with Gasteiger partial charge in [-0.2, -0.15) is 0 Å². The zero-order valence-electron chi connectivity index (χ0n) is 19.6. The summed E-state index contributed by atoms with van der Waals surface area (Å²) in [7, 11) is 1.63. The van der Waals surface area contributed by atoms with Crippen LogP contribution < -0.4 is 5.32 Å². The van der Waals surface area contributed by atoms with E-state index < -0.39 is 0 Å². The first-order chi connectivity index (χ1) is 15.7. The Kier molecular flexibility index (Phi) is 6.01. The Bertz CT molecular complexity index is 1330. The third-order valence-corrected chi connectivity index (χ3v) is 5.75. The molecule has 0 bridgehead atoms. The highest BCUT2D eigenvalue weighted by Gasteiger charge is 2.18. The highest BCUT2D eigenvalue weighted by atomic mass is 16.2. The van der Waals surface area contributed by atoms with Gasteiger partial charge in [0.1, 0.15) is 5.82 Å². The molecule has 0 radical (unpaired) electrons. The number of nitrogens with one attached hydrogen (secondary N) is 1. The van der Waals surface area contributed by atoms with Crippen LogP contribution in [0.3, 0.4) is 0 Å². The number of nitrogens with zero attached hydrogens (tertiary/aromatic N) is 3. The average molecular weight is 441 g/mol. The fourth-order valence-electron chi connectivity index (χ4n) is 4.30. The lowest BCUT2D eigenvalue weighted by Crippen LogP contribution is -2.35. The minimum Gasteiger partial charge on any atom is -0.332 e. The number of rotatable bonds is 5. The highest BCUT2D eigenvalue weighted by molar-refractivity contribution is 6.01. The first kappa shape index (κ1) is 22.3. The Balaban J connectivity index is 1.52. The van der Waals surface area contributed by atoms with Gasteiger partial charge in [0.2, 0.25) is 5.91 Å². The molecular weight excluding hydrogens is 412 g/mol. The van der Waals surface area contributed by atoms with Crippen molar-refractivity contribution in [1.29, 1.82) is 0 Å². The predicted octanol–water partition coefficient (Wildman–Crippen LogP) is 4.97. The largest absolute Gasteiger partial charge is 0.332 e. The molecule has 1 heterocycles. The van der Waals surface area contributed by atoms with Crippen molar-refractivity contribution in [2.45, 2.75) is 27.7 Å². The van der Waals surface area contributed by atoms with Gasteiger partial charge in [-0.05, 0) is 69.2 Å². The number of carbonyl (C=O) groups excluding carboxylic acids is 2. The molecule has 6 heteroatoms. The lowest BCUT2D eigenvalue weighted by molar-refractivity contribution is -0.116. The zero-order valence-corrected chi connectivity index (χ0v) is 19.6. The summed E-state index contributed by atoms with van der Waals surface area (Å²) in [5.74, 6) is 0.389. The molecule has 33 heavy (non-hydrogen) atoms. The maximum absolute atomic E-state index is 13.0. The van der Waals surface area contributed by atoms with E-state index in [1.165, 1.54) is 4.90 Å². The Morgan fingerprint density at radius 1 is 0.939 bits per heavy atom. The number of likely N-dealkylation sites (N-methyl/N-ethyl adjacent to an activating group) is 1. The Labute approximate surface area is 193 Å². The number of hydrogen-bond acceptors (Lipinski definition) is 3. The molecule has 0 unspecified atom stereocenters. The van der Waals surface area contributed by atoms with Gasteiger partial charge in [0, 0.05) is 24.0 Å². The molecule has 0 spiro atoms. The number of hydrogen-bond donors (Lipinski definition) is 1. The van der Waals surface area contributed by atoms with Crippen molar-refractivity contribution >= 4 is 28.5 Å². The van der Waals surface area contributed by atoms with Crippen molar-refractivity contribution < 1.29 is 9.59 Å². The summed E-state index contributed by atoms with van der Waals surface area (Å²) >= 11 is 0. The number of aryl methyl sites for hydroxylation is 4. The van der Waals surface area contributed by atoms with E-state index in [-0.39, 0.29) is 18.4 Å². The van der Waals surface area contributed by atoms with Crippen LogP contribution in [0.25, 0.3) is 16.7 Å². The molecule has 0 saturated heterocycles. The fraction of sp³-hybridized carbons (Fsp3) is 0.222. The van der Waals surface area contributed by atoms with Gasteiger partial charge in [0.15, 0.2) is 0 Å². The molecule has 0 fully saturated rings. The Morgan fingerprint density at radius 2 is 1.61 bits per heavy atom. The Morgan fingerprint density at radius 3 is 2.27 bits per heavy atom. The zero-order chi connectivity index (χ0) is 23.7.